The summed E-state index contributed by atoms with van der Waals surface area (Å²) in [6.07, 6.45) is 2.42. The van der Waals surface area contributed by atoms with Crippen LogP contribution in [0.25, 0.3) is 10.4 Å². The minimum absolute atomic E-state index is 0.106. The summed E-state index contributed by atoms with van der Waals surface area (Å²) in [7, 11) is 0. The molecule has 0 saturated carbocycles. The Kier molecular flexibility index (Phi) is 5.59. The number of carbonyl (C=O) groups excluding carboxylic acids is 1. The first kappa shape index (κ1) is 20.0. The van der Waals surface area contributed by atoms with Gasteiger partial charge >= 0.3 is 0 Å². The Bertz CT molecular complexity index is 1040. The molecule has 2 aliphatic heterocycles. The maximum atomic E-state index is 13.0. The van der Waals surface area contributed by atoms with E-state index in [2.05, 4.69) is 32.3 Å². The molecule has 6 nitrogen and oxygen atoms in total. The number of piperazine rings is 1. The van der Waals surface area contributed by atoms with Crippen LogP contribution in [0.1, 0.15) is 28.9 Å². The van der Waals surface area contributed by atoms with E-state index in [9.17, 15) is 4.79 Å². The van der Waals surface area contributed by atoms with Gasteiger partial charge in [0.25, 0.3) is 5.91 Å². The number of rotatable bonds is 4. The lowest BCUT2D eigenvalue weighted by Crippen LogP contribution is -2.49. The van der Waals surface area contributed by atoms with Crippen LogP contribution in [0.4, 0.5) is 11.8 Å². The summed E-state index contributed by atoms with van der Waals surface area (Å²) in [6.45, 7) is 7.09. The number of amides is 1. The van der Waals surface area contributed by atoms with Crippen molar-refractivity contribution in [3.05, 3.63) is 59.1 Å². The number of aromatic nitrogens is 2. The first-order chi connectivity index (χ1) is 15.2. The summed E-state index contributed by atoms with van der Waals surface area (Å²) in [5, 5.41) is 2.07. The van der Waals surface area contributed by atoms with Gasteiger partial charge in [0.15, 0.2) is 0 Å². The zero-order valence-corrected chi connectivity index (χ0v) is 18.6. The predicted molar refractivity (Wildman–Crippen MR) is 126 cm³/mol. The number of nitrogens with zero attached hydrogens (tertiary/aromatic N) is 5. The van der Waals surface area contributed by atoms with Crippen molar-refractivity contribution in [3.63, 3.8) is 0 Å². The van der Waals surface area contributed by atoms with Crippen LogP contribution in [-0.4, -0.2) is 60.0 Å². The van der Waals surface area contributed by atoms with Crippen molar-refractivity contribution in [1.29, 1.82) is 0 Å². The Morgan fingerprint density at radius 3 is 2.32 bits per heavy atom. The van der Waals surface area contributed by atoms with Crippen LogP contribution in [0, 0.1) is 6.92 Å². The van der Waals surface area contributed by atoms with Crippen molar-refractivity contribution in [2.45, 2.75) is 19.8 Å². The third kappa shape index (κ3) is 4.28. The molecule has 2 fully saturated rings. The monoisotopic (exact) mass is 433 g/mol. The van der Waals surface area contributed by atoms with E-state index < -0.39 is 0 Å². The standard InChI is InChI=1S/C24H27N5OS/c1-18-17-22(26-24(25-18)29-10-2-3-11-29)27-12-14-28(15-13-27)23(30)20-8-6-19(7-9-20)21-5-4-16-31-21/h4-9,16-17H,2-3,10-15H2,1H3. The average Bonchev–Trinajstić information content (AvgIpc) is 3.53. The molecule has 7 heteroatoms. The van der Waals surface area contributed by atoms with Crippen molar-refractivity contribution in [2.75, 3.05) is 49.1 Å². The summed E-state index contributed by atoms with van der Waals surface area (Å²) < 4.78 is 0. The molecule has 4 heterocycles. The van der Waals surface area contributed by atoms with Gasteiger partial charge in [0.05, 0.1) is 0 Å². The van der Waals surface area contributed by atoms with Crippen molar-refractivity contribution in [2.24, 2.45) is 0 Å². The van der Waals surface area contributed by atoms with Gasteiger partial charge in [-0.05, 0) is 48.9 Å². The van der Waals surface area contributed by atoms with E-state index in [1.54, 1.807) is 11.3 Å². The Morgan fingerprint density at radius 1 is 0.903 bits per heavy atom. The second kappa shape index (κ2) is 8.67. The summed E-state index contributed by atoms with van der Waals surface area (Å²) in [5.41, 5.74) is 2.91. The SMILES string of the molecule is Cc1cc(N2CCN(C(=O)c3ccc(-c4cccs4)cc3)CC2)nc(N2CCCC2)n1. The highest BCUT2D eigenvalue weighted by Crippen LogP contribution is 2.26. The molecule has 31 heavy (non-hydrogen) atoms. The number of hydrogen-bond acceptors (Lipinski definition) is 6. The molecule has 2 aromatic heterocycles. The van der Waals surface area contributed by atoms with Crippen molar-refractivity contribution >= 4 is 29.0 Å². The minimum atomic E-state index is 0.106. The maximum absolute atomic E-state index is 13.0. The van der Waals surface area contributed by atoms with E-state index in [1.807, 2.05) is 42.2 Å². The highest BCUT2D eigenvalue weighted by molar-refractivity contribution is 7.13. The van der Waals surface area contributed by atoms with E-state index in [-0.39, 0.29) is 5.91 Å². The van der Waals surface area contributed by atoms with Crippen LogP contribution >= 0.6 is 11.3 Å². The molecule has 0 aliphatic carbocycles. The molecule has 2 saturated heterocycles. The third-order valence-electron chi connectivity index (χ3n) is 6.05. The first-order valence-electron chi connectivity index (χ1n) is 11.0. The summed E-state index contributed by atoms with van der Waals surface area (Å²) in [4.78, 5) is 30.2. The third-order valence-corrected chi connectivity index (χ3v) is 6.97. The lowest BCUT2D eigenvalue weighted by atomic mass is 10.1. The van der Waals surface area contributed by atoms with Crippen LogP contribution in [0.2, 0.25) is 0 Å². The first-order valence-corrected chi connectivity index (χ1v) is 11.8. The molecule has 1 amide bonds. The smallest absolute Gasteiger partial charge is 0.253 e. The number of anilines is 2. The van der Waals surface area contributed by atoms with Gasteiger partial charge in [-0.1, -0.05) is 18.2 Å². The molecule has 160 valence electrons. The van der Waals surface area contributed by atoms with E-state index in [4.69, 9.17) is 4.98 Å². The second-order valence-corrected chi connectivity index (χ2v) is 9.14. The molecule has 2 aliphatic rings. The minimum Gasteiger partial charge on any atom is -0.353 e. The fraction of sp³-hybridized carbons (Fsp3) is 0.375. The molecule has 0 bridgehead atoms. The van der Waals surface area contributed by atoms with Crippen molar-refractivity contribution < 1.29 is 4.79 Å². The molecule has 0 unspecified atom stereocenters. The number of benzene rings is 1. The fourth-order valence-corrected chi connectivity index (χ4v) is 5.03. The van der Waals surface area contributed by atoms with Gasteiger partial charge in [-0.25, -0.2) is 4.98 Å². The van der Waals surface area contributed by atoms with E-state index in [0.29, 0.717) is 13.1 Å². The zero-order chi connectivity index (χ0) is 21.2. The normalized spacial score (nSPS) is 16.7. The van der Waals surface area contributed by atoms with Gasteiger partial charge in [0.2, 0.25) is 5.95 Å². The Hall–Kier alpha value is -2.93. The molecule has 5 rings (SSSR count). The van der Waals surface area contributed by atoms with Gasteiger partial charge in [0, 0.05) is 61.5 Å². The van der Waals surface area contributed by atoms with Gasteiger partial charge in [-0.2, -0.15) is 4.98 Å². The quantitative estimate of drug-likeness (QED) is 0.621. The average molecular weight is 434 g/mol. The Morgan fingerprint density at radius 2 is 1.65 bits per heavy atom. The summed E-state index contributed by atoms with van der Waals surface area (Å²) in [5.74, 6) is 1.92. The van der Waals surface area contributed by atoms with E-state index >= 15 is 0 Å². The molecule has 0 atom stereocenters. The van der Waals surface area contributed by atoms with E-state index in [0.717, 1.165) is 54.8 Å². The highest BCUT2D eigenvalue weighted by Gasteiger charge is 2.24. The summed E-state index contributed by atoms with van der Waals surface area (Å²) in [6, 6.07) is 14.2. The topological polar surface area (TPSA) is 52.6 Å². The van der Waals surface area contributed by atoms with Gasteiger partial charge in [-0.15, -0.1) is 11.3 Å². The number of thiophene rings is 1. The van der Waals surface area contributed by atoms with Crippen LogP contribution in [0.15, 0.2) is 47.8 Å². The lowest BCUT2D eigenvalue weighted by molar-refractivity contribution is 0.0746. The van der Waals surface area contributed by atoms with Crippen LogP contribution in [0.5, 0.6) is 0 Å². The largest absolute Gasteiger partial charge is 0.353 e. The Balaban J connectivity index is 1.23. The molecule has 3 aromatic rings. The predicted octanol–water partition coefficient (Wildman–Crippen LogP) is 4.08. The molecule has 0 spiro atoms. The van der Waals surface area contributed by atoms with Crippen LogP contribution < -0.4 is 9.80 Å². The second-order valence-electron chi connectivity index (χ2n) is 8.20. The van der Waals surface area contributed by atoms with Gasteiger partial charge < -0.3 is 14.7 Å². The van der Waals surface area contributed by atoms with Gasteiger partial charge in [-0.3, -0.25) is 4.79 Å². The molecule has 1 aromatic carbocycles. The highest BCUT2D eigenvalue weighted by atomic mass is 32.1. The van der Waals surface area contributed by atoms with E-state index in [1.165, 1.54) is 17.7 Å². The number of hydrogen-bond donors (Lipinski definition) is 0. The number of carbonyl (C=O) groups is 1. The fourth-order valence-electron chi connectivity index (χ4n) is 4.30. The Labute approximate surface area is 187 Å². The molecule has 0 radical (unpaired) electrons. The van der Waals surface area contributed by atoms with Crippen LogP contribution in [0.3, 0.4) is 0 Å². The maximum Gasteiger partial charge on any atom is 0.253 e. The summed E-state index contributed by atoms with van der Waals surface area (Å²) >= 11 is 1.71. The molecular formula is C24H27N5OS. The molecule has 0 N–H and O–H groups in total. The van der Waals surface area contributed by atoms with Crippen molar-refractivity contribution in [3.8, 4) is 10.4 Å². The van der Waals surface area contributed by atoms with Gasteiger partial charge in [0.1, 0.15) is 5.82 Å². The lowest BCUT2D eigenvalue weighted by Gasteiger charge is -2.35. The van der Waals surface area contributed by atoms with Crippen LogP contribution in [-0.2, 0) is 0 Å². The zero-order valence-electron chi connectivity index (χ0n) is 17.8. The molecular weight excluding hydrogens is 406 g/mol. The van der Waals surface area contributed by atoms with Crippen molar-refractivity contribution in [1.82, 2.24) is 14.9 Å². The number of aryl methyl sites for hydroxylation is 1.